The summed E-state index contributed by atoms with van der Waals surface area (Å²) in [6, 6.07) is 3.39. The number of hydrogen-bond donors (Lipinski definition) is 2. The zero-order valence-corrected chi connectivity index (χ0v) is 12.8. The van der Waals surface area contributed by atoms with E-state index in [4.69, 9.17) is 5.11 Å². The lowest BCUT2D eigenvalue weighted by Crippen LogP contribution is -2.29. The first-order valence-corrected chi connectivity index (χ1v) is 9.00. The van der Waals surface area contributed by atoms with Crippen LogP contribution in [0.25, 0.3) is 0 Å². The summed E-state index contributed by atoms with van der Waals surface area (Å²) in [5.41, 5.74) is 0.215. The quantitative estimate of drug-likeness (QED) is 0.773. The second-order valence-corrected chi connectivity index (χ2v) is 8.43. The van der Waals surface area contributed by atoms with E-state index in [1.165, 1.54) is 11.3 Å². The van der Waals surface area contributed by atoms with Crippen molar-refractivity contribution in [2.75, 3.05) is 13.2 Å². The second-order valence-electron chi connectivity index (χ2n) is 5.27. The highest BCUT2D eigenvalue weighted by atomic mass is 32.2. The highest BCUT2D eigenvalue weighted by molar-refractivity contribution is 7.91. The van der Waals surface area contributed by atoms with E-state index in [0.29, 0.717) is 17.2 Å². The minimum absolute atomic E-state index is 0.0487. The third-order valence-electron chi connectivity index (χ3n) is 3.63. The number of hydrogen-bond acceptors (Lipinski definition) is 4. The van der Waals surface area contributed by atoms with E-state index in [2.05, 4.69) is 11.6 Å². The molecule has 1 saturated carbocycles. The summed E-state index contributed by atoms with van der Waals surface area (Å²) in [4.78, 5) is 0.901. The Morgan fingerprint density at radius 3 is 2.74 bits per heavy atom. The van der Waals surface area contributed by atoms with Gasteiger partial charge in [0, 0.05) is 24.4 Å². The van der Waals surface area contributed by atoms with Gasteiger partial charge in [-0.2, -0.15) is 0 Å². The van der Waals surface area contributed by atoms with Gasteiger partial charge in [-0.05, 0) is 36.8 Å². The molecule has 1 aliphatic rings. The van der Waals surface area contributed by atoms with Gasteiger partial charge in [-0.1, -0.05) is 13.3 Å². The van der Waals surface area contributed by atoms with Crippen LogP contribution in [0, 0.1) is 5.41 Å². The maximum atomic E-state index is 12.2. The van der Waals surface area contributed by atoms with Crippen LogP contribution in [0.3, 0.4) is 0 Å². The molecule has 1 fully saturated rings. The van der Waals surface area contributed by atoms with Crippen LogP contribution in [0.2, 0.25) is 0 Å². The van der Waals surface area contributed by atoms with Crippen LogP contribution in [0.4, 0.5) is 0 Å². The summed E-state index contributed by atoms with van der Waals surface area (Å²) < 4.78 is 27.4. The molecule has 0 amide bonds. The number of rotatable bonds is 8. The fourth-order valence-electron chi connectivity index (χ4n) is 2.29. The second kappa shape index (κ2) is 5.91. The Bertz CT molecular complexity index is 518. The van der Waals surface area contributed by atoms with Crippen molar-refractivity contribution in [2.45, 2.75) is 43.2 Å². The maximum absolute atomic E-state index is 12.2. The van der Waals surface area contributed by atoms with E-state index in [-0.39, 0.29) is 12.0 Å². The van der Waals surface area contributed by atoms with E-state index in [1.807, 2.05) is 0 Å². The van der Waals surface area contributed by atoms with Gasteiger partial charge in [-0.15, -0.1) is 11.3 Å². The van der Waals surface area contributed by atoms with Crippen molar-refractivity contribution in [2.24, 2.45) is 5.41 Å². The van der Waals surface area contributed by atoms with Gasteiger partial charge in [0.05, 0.1) is 0 Å². The van der Waals surface area contributed by atoms with Crippen molar-refractivity contribution in [1.29, 1.82) is 0 Å². The molecule has 0 aliphatic heterocycles. The minimum Gasteiger partial charge on any atom is -0.396 e. The van der Waals surface area contributed by atoms with E-state index >= 15 is 0 Å². The highest BCUT2D eigenvalue weighted by Gasteiger charge is 2.42. The number of nitrogens with one attached hydrogen (secondary N) is 1. The maximum Gasteiger partial charge on any atom is 0.250 e. The normalized spacial score (nSPS) is 17.6. The van der Waals surface area contributed by atoms with Gasteiger partial charge >= 0.3 is 0 Å². The van der Waals surface area contributed by atoms with Crippen LogP contribution in [-0.4, -0.2) is 26.7 Å². The van der Waals surface area contributed by atoms with Crippen molar-refractivity contribution in [1.82, 2.24) is 4.72 Å². The van der Waals surface area contributed by atoms with Crippen molar-refractivity contribution < 1.29 is 13.5 Å². The summed E-state index contributed by atoms with van der Waals surface area (Å²) in [5, 5.41) is 8.85. The summed E-state index contributed by atoms with van der Waals surface area (Å²) >= 11 is 1.24. The average molecular weight is 303 g/mol. The number of aliphatic hydroxyl groups is 1. The molecule has 1 heterocycles. The smallest absolute Gasteiger partial charge is 0.250 e. The molecule has 1 aromatic rings. The summed E-state index contributed by atoms with van der Waals surface area (Å²) in [7, 11) is -3.38. The minimum atomic E-state index is -3.38. The Morgan fingerprint density at radius 2 is 2.16 bits per heavy atom. The van der Waals surface area contributed by atoms with E-state index in [9.17, 15) is 8.42 Å². The van der Waals surface area contributed by atoms with Crippen LogP contribution < -0.4 is 4.72 Å². The van der Waals surface area contributed by atoms with E-state index in [1.54, 1.807) is 12.1 Å². The molecule has 0 atom stereocenters. The number of aliphatic hydroxyl groups excluding tert-OH is 1. The van der Waals surface area contributed by atoms with Gasteiger partial charge in [0.1, 0.15) is 4.21 Å². The molecule has 2 N–H and O–H groups in total. The van der Waals surface area contributed by atoms with Gasteiger partial charge in [0.2, 0.25) is 10.0 Å². The third-order valence-corrected chi connectivity index (χ3v) is 6.67. The summed E-state index contributed by atoms with van der Waals surface area (Å²) in [5.74, 6) is 0. The lowest BCUT2D eigenvalue weighted by atomic mass is 10.0. The molecular formula is C13H21NO3S2. The first-order chi connectivity index (χ1) is 9.01. The predicted octanol–water partition coefficient (Wildman–Crippen LogP) is 2.14. The molecule has 4 nitrogen and oxygen atoms in total. The molecule has 19 heavy (non-hydrogen) atoms. The van der Waals surface area contributed by atoms with E-state index < -0.39 is 10.0 Å². The van der Waals surface area contributed by atoms with Crippen LogP contribution in [-0.2, 0) is 16.4 Å². The third kappa shape index (κ3) is 3.78. The number of thiophene rings is 1. The Morgan fingerprint density at radius 1 is 1.42 bits per heavy atom. The molecule has 0 unspecified atom stereocenters. The molecule has 0 bridgehead atoms. The molecule has 6 heteroatoms. The van der Waals surface area contributed by atoms with Gasteiger partial charge in [-0.3, -0.25) is 0 Å². The Balaban J connectivity index is 1.97. The van der Waals surface area contributed by atoms with Crippen molar-refractivity contribution >= 4 is 21.4 Å². The van der Waals surface area contributed by atoms with Gasteiger partial charge in [0.25, 0.3) is 0 Å². The average Bonchev–Trinajstić information content (AvgIpc) is 2.96. The predicted molar refractivity (Wildman–Crippen MR) is 76.9 cm³/mol. The van der Waals surface area contributed by atoms with E-state index in [0.717, 1.165) is 30.6 Å². The van der Waals surface area contributed by atoms with Crippen LogP contribution >= 0.6 is 11.3 Å². The summed E-state index contributed by atoms with van der Waals surface area (Å²) in [6.45, 7) is 2.73. The van der Waals surface area contributed by atoms with Gasteiger partial charge in [-0.25, -0.2) is 13.1 Å². The summed E-state index contributed by atoms with van der Waals surface area (Å²) in [6.07, 6.45) is 4.96. The largest absolute Gasteiger partial charge is 0.396 e. The Kier molecular flexibility index (Phi) is 4.66. The molecular weight excluding hydrogens is 282 g/mol. The zero-order valence-electron chi connectivity index (χ0n) is 11.2. The number of sulfonamides is 1. The molecule has 108 valence electrons. The first-order valence-electron chi connectivity index (χ1n) is 6.71. The highest BCUT2D eigenvalue weighted by Crippen LogP contribution is 2.49. The van der Waals surface area contributed by atoms with Crippen LogP contribution in [0.15, 0.2) is 16.3 Å². The Labute approximate surface area is 118 Å². The lowest BCUT2D eigenvalue weighted by molar-refractivity contribution is 0.300. The molecule has 1 aliphatic carbocycles. The molecule has 0 saturated heterocycles. The zero-order chi connectivity index (χ0) is 13.9. The standard InChI is InChI=1S/C13H21NO3S2/c1-2-6-13(7-8-13)10-14-19(16,17)12-4-3-11(18-12)5-9-15/h3-4,14-15H,2,5-10H2,1H3. The lowest BCUT2D eigenvalue weighted by Gasteiger charge is -2.14. The van der Waals surface area contributed by atoms with Crippen LogP contribution in [0.5, 0.6) is 0 Å². The van der Waals surface area contributed by atoms with Crippen LogP contribution in [0.1, 0.15) is 37.5 Å². The molecule has 0 radical (unpaired) electrons. The van der Waals surface area contributed by atoms with Crippen molar-refractivity contribution in [3.63, 3.8) is 0 Å². The molecule has 1 aromatic heterocycles. The Hall–Kier alpha value is -0.430. The fourth-order valence-corrected chi connectivity index (χ4v) is 4.84. The monoisotopic (exact) mass is 303 g/mol. The molecule has 2 rings (SSSR count). The topological polar surface area (TPSA) is 66.4 Å². The first kappa shape index (κ1) is 15.0. The van der Waals surface area contributed by atoms with Crippen molar-refractivity contribution in [3.8, 4) is 0 Å². The SMILES string of the molecule is CCCC1(CNS(=O)(=O)c2ccc(CCO)s2)CC1. The fraction of sp³-hybridized carbons (Fsp3) is 0.692. The van der Waals surface area contributed by atoms with Gasteiger partial charge in [0.15, 0.2) is 0 Å². The molecule has 0 spiro atoms. The molecule has 0 aromatic carbocycles. The van der Waals surface area contributed by atoms with Gasteiger partial charge < -0.3 is 5.11 Å². The van der Waals surface area contributed by atoms with Crippen molar-refractivity contribution in [3.05, 3.63) is 17.0 Å².